The van der Waals surface area contributed by atoms with Crippen LogP contribution in [-0.4, -0.2) is 15.7 Å². The fourth-order valence-electron chi connectivity index (χ4n) is 2.18. The average Bonchev–Trinajstić information content (AvgIpc) is 2.61. The van der Waals surface area contributed by atoms with Crippen molar-refractivity contribution in [1.29, 1.82) is 0 Å². The van der Waals surface area contributed by atoms with E-state index in [9.17, 15) is 0 Å². The average molecular weight is 318 g/mol. The smallest absolute Gasteiger partial charge is 0.127 e. The Morgan fingerprint density at radius 1 is 0.696 bits per heavy atom. The molecule has 0 aliphatic carbocycles. The number of benzene rings is 3. The van der Waals surface area contributed by atoms with Crippen LogP contribution in [0.4, 0.5) is 0 Å². The second kappa shape index (κ2) is 8.32. The van der Waals surface area contributed by atoms with Crippen LogP contribution in [0.3, 0.4) is 0 Å². The Morgan fingerprint density at radius 3 is 2.17 bits per heavy atom. The van der Waals surface area contributed by atoms with Crippen LogP contribution in [0.25, 0.3) is 0 Å². The van der Waals surface area contributed by atoms with Gasteiger partial charge in [0.05, 0.1) is 6.61 Å². The van der Waals surface area contributed by atoms with Crippen LogP contribution in [0.2, 0.25) is 0 Å². The van der Waals surface area contributed by atoms with Gasteiger partial charge >= 0.3 is 0 Å². The quantitative estimate of drug-likeness (QED) is 0.484. The molecule has 0 bridgehead atoms. The molecule has 3 heteroatoms. The molecule has 2 radical (unpaired) electrons. The molecule has 0 aromatic heterocycles. The number of para-hydroxylation sites is 1. The first-order valence-corrected chi connectivity index (χ1v) is 8.79. The molecule has 0 N–H and O–H groups in total. The molecule has 3 aromatic rings. The first kappa shape index (κ1) is 15.5. The Hall–Kier alpha value is -2.36. The van der Waals surface area contributed by atoms with Gasteiger partial charge in [-0.1, -0.05) is 65.9 Å². The van der Waals surface area contributed by atoms with Crippen LogP contribution >= 0.6 is 0 Å². The second-order valence-electron chi connectivity index (χ2n) is 5.10. The van der Waals surface area contributed by atoms with E-state index in [1.807, 2.05) is 54.6 Å². The Balaban J connectivity index is 1.49. The Kier molecular flexibility index (Phi) is 5.62. The molecule has 0 fully saturated rings. The van der Waals surface area contributed by atoms with E-state index in [0.717, 1.165) is 23.3 Å². The van der Waals surface area contributed by atoms with Crippen molar-refractivity contribution in [3.8, 4) is 11.5 Å². The van der Waals surface area contributed by atoms with Crippen molar-refractivity contribution in [1.82, 2.24) is 0 Å². The number of ether oxygens (including phenoxy) is 2. The molecule has 114 valence electrons. The molecule has 3 rings (SSSR count). The van der Waals surface area contributed by atoms with E-state index >= 15 is 0 Å². The van der Waals surface area contributed by atoms with E-state index in [2.05, 4.69) is 30.3 Å². The van der Waals surface area contributed by atoms with Crippen molar-refractivity contribution >= 4 is 14.7 Å². The highest BCUT2D eigenvalue weighted by molar-refractivity contribution is 6.53. The van der Waals surface area contributed by atoms with E-state index < -0.39 is 0 Å². The summed E-state index contributed by atoms with van der Waals surface area (Å²) in [6, 6.07) is 28.3. The zero-order chi connectivity index (χ0) is 15.7. The van der Waals surface area contributed by atoms with Crippen molar-refractivity contribution in [2.45, 2.75) is 6.61 Å². The van der Waals surface area contributed by atoms with Gasteiger partial charge in [0, 0.05) is 6.23 Å². The molecular formula is C20H18O2Si. The van der Waals surface area contributed by atoms with Gasteiger partial charge in [-0.15, -0.1) is 0 Å². The maximum Gasteiger partial charge on any atom is 0.127 e. The lowest BCUT2D eigenvalue weighted by molar-refractivity contribution is 0.164. The van der Waals surface area contributed by atoms with Gasteiger partial charge < -0.3 is 9.47 Å². The number of hydrogen-bond acceptors (Lipinski definition) is 2. The minimum absolute atomic E-state index is 0.603. The van der Waals surface area contributed by atoms with Gasteiger partial charge in [0.25, 0.3) is 0 Å². The summed E-state index contributed by atoms with van der Waals surface area (Å²) >= 11 is 0. The van der Waals surface area contributed by atoms with Crippen LogP contribution < -0.4 is 9.92 Å². The summed E-state index contributed by atoms with van der Waals surface area (Å²) in [6.45, 7) is 0.603. The van der Waals surface area contributed by atoms with E-state index in [-0.39, 0.29) is 0 Å². The van der Waals surface area contributed by atoms with Crippen molar-refractivity contribution in [2.24, 2.45) is 0 Å². The molecule has 3 aromatic carbocycles. The first-order valence-electron chi connectivity index (χ1n) is 7.59. The normalized spacial score (nSPS) is 10.4. The maximum atomic E-state index is 5.84. The molecule has 0 unspecified atom stereocenters. The summed E-state index contributed by atoms with van der Waals surface area (Å²) in [5.74, 6) is 1.68. The highest BCUT2D eigenvalue weighted by Crippen LogP contribution is 2.21. The lowest BCUT2D eigenvalue weighted by Gasteiger charge is -2.08. The molecule has 2 nitrogen and oxygen atoms in total. The number of hydrogen-bond donors (Lipinski definition) is 0. The third-order valence-corrected chi connectivity index (χ3v) is 4.39. The highest BCUT2D eigenvalue weighted by Gasteiger charge is 2.00. The molecular weight excluding hydrogens is 300 g/mol. The SMILES string of the molecule is c1ccc(Oc2cccc(COC[Si]c3ccccc3)c2)cc1. The van der Waals surface area contributed by atoms with Gasteiger partial charge in [0.15, 0.2) is 0 Å². The van der Waals surface area contributed by atoms with E-state index in [4.69, 9.17) is 9.47 Å². The summed E-state index contributed by atoms with van der Waals surface area (Å²) in [7, 11) is 0.678. The largest absolute Gasteiger partial charge is 0.457 e. The van der Waals surface area contributed by atoms with Crippen molar-refractivity contribution in [3.05, 3.63) is 90.5 Å². The summed E-state index contributed by atoms with van der Waals surface area (Å²) in [4.78, 5) is 0. The predicted molar refractivity (Wildman–Crippen MR) is 94.4 cm³/mol. The molecule has 0 aliphatic rings. The van der Waals surface area contributed by atoms with E-state index in [1.165, 1.54) is 5.19 Å². The summed E-state index contributed by atoms with van der Waals surface area (Å²) in [5.41, 5.74) is 1.12. The van der Waals surface area contributed by atoms with Gasteiger partial charge in [-0.25, -0.2) is 0 Å². The van der Waals surface area contributed by atoms with Crippen LogP contribution in [-0.2, 0) is 11.3 Å². The van der Waals surface area contributed by atoms with Crippen LogP contribution in [0.1, 0.15) is 5.56 Å². The Morgan fingerprint density at radius 2 is 1.39 bits per heavy atom. The van der Waals surface area contributed by atoms with Crippen molar-refractivity contribution in [3.63, 3.8) is 0 Å². The monoisotopic (exact) mass is 318 g/mol. The zero-order valence-corrected chi connectivity index (χ0v) is 13.8. The minimum Gasteiger partial charge on any atom is -0.457 e. The molecule has 0 saturated carbocycles. The third-order valence-electron chi connectivity index (χ3n) is 3.30. The molecule has 0 saturated heterocycles. The van der Waals surface area contributed by atoms with Gasteiger partial charge in [-0.2, -0.15) is 0 Å². The summed E-state index contributed by atoms with van der Waals surface area (Å²) < 4.78 is 11.6. The molecule has 0 heterocycles. The van der Waals surface area contributed by atoms with Crippen molar-refractivity contribution in [2.75, 3.05) is 6.23 Å². The fraction of sp³-hybridized carbons (Fsp3) is 0.100. The lowest BCUT2D eigenvalue weighted by Crippen LogP contribution is -2.19. The number of rotatable bonds is 7. The summed E-state index contributed by atoms with van der Waals surface area (Å²) in [5, 5.41) is 1.33. The van der Waals surface area contributed by atoms with Gasteiger partial charge in [0.1, 0.15) is 21.0 Å². The minimum atomic E-state index is 0.603. The molecule has 23 heavy (non-hydrogen) atoms. The maximum absolute atomic E-state index is 5.84. The molecule has 0 spiro atoms. The van der Waals surface area contributed by atoms with E-state index in [0.29, 0.717) is 16.1 Å². The Bertz CT molecular complexity index is 714. The third kappa shape index (κ3) is 5.09. The fourth-order valence-corrected chi connectivity index (χ4v) is 2.98. The van der Waals surface area contributed by atoms with Crippen molar-refractivity contribution < 1.29 is 9.47 Å². The van der Waals surface area contributed by atoms with Crippen LogP contribution in [0.5, 0.6) is 11.5 Å². The highest BCUT2D eigenvalue weighted by atomic mass is 28.2. The van der Waals surface area contributed by atoms with Crippen LogP contribution in [0.15, 0.2) is 84.9 Å². The second-order valence-corrected chi connectivity index (χ2v) is 6.32. The molecule has 0 aliphatic heterocycles. The first-order chi connectivity index (χ1) is 11.4. The lowest BCUT2D eigenvalue weighted by atomic mass is 10.2. The topological polar surface area (TPSA) is 18.5 Å². The van der Waals surface area contributed by atoms with Gasteiger partial charge in [0.2, 0.25) is 0 Å². The van der Waals surface area contributed by atoms with Crippen LogP contribution in [0, 0.1) is 0 Å². The standard InChI is InChI=1S/C20H18O2Si/c1-3-9-18(10-4-1)22-19-11-7-8-17(14-19)15-21-16-23-20-12-5-2-6-13-20/h1-14H,15-16H2. The molecule has 0 amide bonds. The van der Waals surface area contributed by atoms with E-state index in [1.54, 1.807) is 0 Å². The Labute approximate surface area is 139 Å². The summed E-state index contributed by atoms with van der Waals surface area (Å²) in [6.07, 6.45) is 0.744. The predicted octanol–water partition coefficient (Wildman–Crippen LogP) is 3.98. The van der Waals surface area contributed by atoms with Gasteiger partial charge in [-0.3, -0.25) is 0 Å². The van der Waals surface area contributed by atoms with Gasteiger partial charge in [-0.05, 0) is 29.8 Å². The molecule has 0 atom stereocenters. The zero-order valence-electron chi connectivity index (χ0n) is 12.8.